The number of thiophene rings is 1. The third-order valence-corrected chi connectivity index (χ3v) is 4.99. The van der Waals surface area contributed by atoms with E-state index in [0.717, 1.165) is 24.8 Å². The van der Waals surface area contributed by atoms with Crippen LogP contribution in [-0.4, -0.2) is 36.6 Å². The predicted octanol–water partition coefficient (Wildman–Crippen LogP) is 5.62. The summed E-state index contributed by atoms with van der Waals surface area (Å²) >= 11 is 1.76. The summed E-state index contributed by atoms with van der Waals surface area (Å²) in [5.41, 5.74) is 0. The van der Waals surface area contributed by atoms with E-state index >= 15 is 0 Å². The molecule has 3 aromatic rings. The Morgan fingerprint density at radius 2 is 1.89 bits per heavy atom. The van der Waals surface area contributed by atoms with Crippen LogP contribution < -0.4 is 4.74 Å². The first-order valence-corrected chi connectivity index (χ1v) is 10.1. The van der Waals surface area contributed by atoms with E-state index in [1.807, 2.05) is 0 Å². The van der Waals surface area contributed by atoms with Crippen molar-refractivity contribution in [2.75, 3.05) is 20.6 Å². The fourth-order valence-corrected chi connectivity index (χ4v) is 3.49. The van der Waals surface area contributed by atoms with Crippen LogP contribution in [0.15, 0.2) is 72.1 Å². The minimum absolute atomic E-state index is 0.105. The molecule has 5 heteroatoms. The van der Waals surface area contributed by atoms with Gasteiger partial charge in [-0.2, -0.15) is 0 Å². The molecule has 0 aliphatic heterocycles. The van der Waals surface area contributed by atoms with Crippen molar-refractivity contribution in [1.29, 1.82) is 0 Å². The normalized spacial score (nSPS) is 12.0. The van der Waals surface area contributed by atoms with Gasteiger partial charge in [0, 0.05) is 29.3 Å². The number of carboxylic acid groups (broad SMARTS) is 1. The molecule has 1 N–H and O–H groups in total. The summed E-state index contributed by atoms with van der Waals surface area (Å²) in [6, 6.07) is 18.9. The number of allylic oxidation sites excluding steroid dienone is 1. The van der Waals surface area contributed by atoms with Crippen LogP contribution in [0.3, 0.4) is 0 Å². The Balaban J connectivity index is 0.000000409. The lowest BCUT2D eigenvalue weighted by Crippen LogP contribution is -2.18. The third-order valence-electron chi connectivity index (χ3n) is 4.03. The first kappa shape index (κ1) is 21.7. The first-order valence-electron chi connectivity index (χ1n) is 9.19. The highest BCUT2D eigenvalue weighted by atomic mass is 32.1. The molecule has 0 spiro atoms. The number of ether oxygens (including phenoxy) is 1. The second-order valence-corrected chi connectivity index (χ2v) is 7.51. The number of aliphatic carboxylic acids is 1. The number of hydrogen-bond acceptors (Lipinski definition) is 4. The molecule has 28 heavy (non-hydrogen) atoms. The molecular formula is C23H27NO3S. The highest BCUT2D eigenvalue weighted by molar-refractivity contribution is 7.10. The summed E-state index contributed by atoms with van der Waals surface area (Å²) in [6.07, 6.45) is 3.65. The van der Waals surface area contributed by atoms with Crippen LogP contribution in [0.5, 0.6) is 5.75 Å². The second kappa shape index (κ2) is 11.3. The lowest BCUT2D eigenvalue weighted by atomic mass is 10.1. The van der Waals surface area contributed by atoms with Crippen molar-refractivity contribution in [3.8, 4) is 5.75 Å². The fraction of sp³-hybridized carbons (Fsp3) is 0.261. The Morgan fingerprint density at radius 3 is 2.50 bits per heavy atom. The molecule has 0 bridgehead atoms. The Kier molecular flexibility index (Phi) is 8.72. The molecule has 0 saturated heterocycles. The number of rotatable bonds is 7. The molecule has 1 unspecified atom stereocenters. The summed E-state index contributed by atoms with van der Waals surface area (Å²) in [5, 5.41) is 12.3. The fourth-order valence-electron chi connectivity index (χ4n) is 2.70. The standard InChI is InChI=1S/C19H21NOS.C4H6O2/c1-20(2)13-12-18(19-11-6-14-22-19)21-17-10-5-8-15-7-3-4-9-16(15)17;1-2-3-4(5)6/h3-11,14,18H,12-13H2,1-2H3;2-3H,1H3,(H,5,6)/b;3-2+. The van der Waals surface area contributed by atoms with E-state index in [9.17, 15) is 4.79 Å². The van der Waals surface area contributed by atoms with E-state index in [2.05, 4.69) is 79.0 Å². The van der Waals surface area contributed by atoms with Gasteiger partial charge in [-0.15, -0.1) is 11.3 Å². The maximum Gasteiger partial charge on any atom is 0.327 e. The zero-order valence-electron chi connectivity index (χ0n) is 16.5. The van der Waals surface area contributed by atoms with Gasteiger partial charge in [0.25, 0.3) is 0 Å². The molecule has 4 nitrogen and oxygen atoms in total. The van der Waals surface area contributed by atoms with Crippen molar-refractivity contribution >= 4 is 28.1 Å². The quantitative estimate of drug-likeness (QED) is 0.526. The molecule has 148 valence electrons. The van der Waals surface area contributed by atoms with Crippen LogP contribution in [0.1, 0.15) is 24.3 Å². The summed E-state index contributed by atoms with van der Waals surface area (Å²) in [5.74, 6) is 0.0766. The Bertz CT molecular complexity index is 883. The van der Waals surface area contributed by atoms with Gasteiger partial charge in [-0.05, 0) is 43.9 Å². The van der Waals surface area contributed by atoms with Gasteiger partial charge < -0.3 is 14.7 Å². The van der Waals surface area contributed by atoms with Gasteiger partial charge in [0.1, 0.15) is 11.9 Å². The Hall–Kier alpha value is -2.63. The monoisotopic (exact) mass is 397 g/mol. The maximum atomic E-state index is 9.51. The lowest BCUT2D eigenvalue weighted by Gasteiger charge is -2.21. The first-order chi connectivity index (χ1) is 13.5. The van der Waals surface area contributed by atoms with Crippen LogP contribution in [-0.2, 0) is 4.79 Å². The average Bonchev–Trinajstić information content (AvgIpc) is 3.20. The zero-order valence-corrected chi connectivity index (χ0v) is 17.4. The molecule has 0 aliphatic carbocycles. The molecule has 1 aromatic heterocycles. The minimum Gasteiger partial charge on any atom is -0.484 e. The third kappa shape index (κ3) is 6.83. The molecule has 3 rings (SSSR count). The predicted molar refractivity (Wildman–Crippen MR) is 117 cm³/mol. The van der Waals surface area contributed by atoms with Crippen LogP contribution in [0.2, 0.25) is 0 Å². The summed E-state index contributed by atoms with van der Waals surface area (Å²) in [4.78, 5) is 13.0. The van der Waals surface area contributed by atoms with Gasteiger partial charge in [0.2, 0.25) is 0 Å². The molecule has 0 radical (unpaired) electrons. The maximum absolute atomic E-state index is 9.51. The van der Waals surface area contributed by atoms with Crippen molar-refractivity contribution in [3.05, 3.63) is 77.0 Å². The zero-order chi connectivity index (χ0) is 20.4. The summed E-state index contributed by atoms with van der Waals surface area (Å²) in [6.45, 7) is 2.67. The van der Waals surface area contributed by atoms with Gasteiger partial charge in [-0.25, -0.2) is 4.79 Å². The highest BCUT2D eigenvalue weighted by Gasteiger charge is 2.16. The van der Waals surface area contributed by atoms with Gasteiger partial charge >= 0.3 is 5.97 Å². The van der Waals surface area contributed by atoms with E-state index in [1.54, 1.807) is 18.3 Å². The second-order valence-electron chi connectivity index (χ2n) is 6.53. The smallest absolute Gasteiger partial charge is 0.327 e. The Morgan fingerprint density at radius 1 is 1.14 bits per heavy atom. The Labute approximate surface area is 170 Å². The van der Waals surface area contributed by atoms with Crippen LogP contribution in [0.4, 0.5) is 0 Å². The summed E-state index contributed by atoms with van der Waals surface area (Å²) < 4.78 is 6.41. The van der Waals surface area contributed by atoms with Gasteiger partial charge in [0.05, 0.1) is 0 Å². The molecule has 1 heterocycles. The largest absolute Gasteiger partial charge is 0.484 e. The SMILES string of the molecule is C/C=C/C(=O)O.CN(C)CCC(Oc1cccc2ccccc12)c1cccs1. The number of carboxylic acids is 1. The molecule has 1 atom stereocenters. The lowest BCUT2D eigenvalue weighted by molar-refractivity contribution is -0.131. The number of fused-ring (bicyclic) bond motifs is 1. The topological polar surface area (TPSA) is 49.8 Å². The number of benzene rings is 2. The number of carbonyl (C=O) groups is 1. The summed E-state index contributed by atoms with van der Waals surface area (Å²) in [7, 11) is 4.20. The molecular weight excluding hydrogens is 370 g/mol. The van der Waals surface area contributed by atoms with E-state index in [4.69, 9.17) is 9.84 Å². The molecule has 0 aliphatic rings. The average molecular weight is 398 g/mol. The van der Waals surface area contributed by atoms with Crippen LogP contribution in [0, 0.1) is 0 Å². The van der Waals surface area contributed by atoms with E-state index in [0.29, 0.717) is 0 Å². The van der Waals surface area contributed by atoms with Crippen molar-refractivity contribution in [2.45, 2.75) is 19.4 Å². The van der Waals surface area contributed by atoms with E-state index < -0.39 is 5.97 Å². The molecule has 0 amide bonds. The number of hydrogen-bond donors (Lipinski definition) is 1. The van der Waals surface area contributed by atoms with E-state index in [-0.39, 0.29) is 6.10 Å². The molecule has 0 saturated carbocycles. The van der Waals surface area contributed by atoms with Crippen molar-refractivity contribution in [2.24, 2.45) is 0 Å². The van der Waals surface area contributed by atoms with Gasteiger partial charge in [-0.3, -0.25) is 0 Å². The van der Waals surface area contributed by atoms with Crippen molar-refractivity contribution in [3.63, 3.8) is 0 Å². The van der Waals surface area contributed by atoms with Crippen molar-refractivity contribution < 1.29 is 14.6 Å². The van der Waals surface area contributed by atoms with Crippen LogP contribution in [0.25, 0.3) is 10.8 Å². The van der Waals surface area contributed by atoms with E-state index in [1.165, 1.54) is 21.7 Å². The molecule has 2 aromatic carbocycles. The highest BCUT2D eigenvalue weighted by Crippen LogP contribution is 2.32. The van der Waals surface area contributed by atoms with Crippen LogP contribution >= 0.6 is 11.3 Å². The van der Waals surface area contributed by atoms with Crippen molar-refractivity contribution in [1.82, 2.24) is 4.90 Å². The van der Waals surface area contributed by atoms with Gasteiger partial charge in [-0.1, -0.05) is 48.5 Å². The number of nitrogens with zero attached hydrogens (tertiary/aromatic N) is 1. The van der Waals surface area contributed by atoms with Gasteiger partial charge in [0.15, 0.2) is 0 Å². The minimum atomic E-state index is -0.891. The molecule has 0 fully saturated rings.